The number of carbonyl (C=O) groups is 2. The maximum absolute atomic E-state index is 11.9. The van der Waals surface area contributed by atoms with Gasteiger partial charge in [0.05, 0.1) is 6.61 Å². The van der Waals surface area contributed by atoms with E-state index in [1.807, 2.05) is 79.7 Å². The third-order valence-corrected chi connectivity index (χ3v) is 4.68. The number of ether oxygens (including phenoxy) is 1. The van der Waals surface area contributed by atoms with Crippen LogP contribution in [0.25, 0.3) is 16.3 Å². The molecular formula is C26H24O3. The molecule has 3 aromatic carbocycles. The molecule has 0 aliphatic carbocycles. The number of hydrogen-bond donors (Lipinski definition) is 0. The van der Waals surface area contributed by atoms with Gasteiger partial charge in [0, 0.05) is 17.2 Å². The number of unbranched alkanes of at least 4 members (excludes halogenated alkanes) is 1. The smallest absolute Gasteiger partial charge is 0.330 e. The lowest BCUT2D eigenvalue weighted by Crippen LogP contribution is -2.01. The van der Waals surface area contributed by atoms with Gasteiger partial charge in [-0.1, -0.05) is 92.2 Å². The molecule has 3 rings (SSSR count). The Morgan fingerprint density at radius 2 is 1.72 bits per heavy atom. The molecule has 0 aliphatic rings. The zero-order chi connectivity index (χ0) is 20.5. The molecule has 0 aliphatic heterocycles. The molecular weight excluding hydrogens is 360 g/mol. The quantitative estimate of drug-likeness (QED) is 0.158. The van der Waals surface area contributed by atoms with E-state index in [2.05, 4.69) is 0 Å². The van der Waals surface area contributed by atoms with Crippen molar-refractivity contribution < 1.29 is 14.3 Å². The van der Waals surface area contributed by atoms with Crippen molar-refractivity contribution in [3.63, 3.8) is 0 Å². The molecule has 0 heterocycles. The van der Waals surface area contributed by atoms with Crippen molar-refractivity contribution in [2.75, 3.05) is 6.61 Å². The zero-order valence-corrected chi connectivity index (χ0v) is 16.5. The van der Waals surface area contributed by atoms with E-state index in [9.17, 15) is 9.59 Å². The van der Waals surface area contributed by atoms with Gasteiger partial charge in [0.15, 0.2) is 6.29 Å². The van der Waals surface area contributed by atoms with Crippen molar-refractivity contribution in [3.8, 4) is 0 Å². The fourth-order valence-electron chi connectivity index (χ4n) is 3.22. The highest BCUT2D eigenvalue weighted by molar-refractivity contribution is 6.04. The second-order valence-electron chi connectivity index (χ2n) is 6.70. The fraction of sp³-hybridized carbons (Fsp3) is 0.154. The highest BCUT2D eigenvalue weighted by atomic mass is 16.5. The van der Waals surface area contributed by atoms with Crippen LogP contribution in [0.3, 0.4) is 0 Å². The normalized spacial score (nSPS) is 11.7. The summed E-state index contributed by atoms with van der Waals surface area (Å²) in [5.74, 6) is -0.365. The van der Waals surface area contributed by atoms with Gasteiger partial charge in [-0.2, -0.15) is 0 Å². The first-order valence-corrected chi connectivity index (χ1v) is 9.82. The average molecular weight is 384 g/mol. The molecule has 3 nitrogen and oxygen atoms in total. The Morgan fingerprint density at radius 3 is 2.48 bits per heavy atom. The van der Waals surface area contributed by atoms with Gasteiger partial charge < -0.3 is 4.74 Å². The number of rotatable bonds is 8. The van der Waals surface area contributed by atoms with Crippen LogP contribution in [0.1, 0.15) is 41.3 Å². The summed E-state index contributed by atoms with van der Waals surface area (Å²) >= 11 is 0. The Bertz CT molecular complexity index is 1050. The molecule has 3 aromatic rings. The summed E-state index contributed by atoms with van der Waals surface area (Å²) in [6.45, 7) is 2.47. The summed E-state index contributed by atoms with van der Waals surface area (Å²) in [5.41, 5.74) is 3.31. The first-order chi connectivity index (χ1) is 14.2. The van der Waals surface area contributed by atoms with E-state index < -0.39 is 0 Å². The summed E-state index contributed by atoms with van der Waals surface area (Å²) < 4.78 is 5.18. The predicted octanol–water partition coefficient (Wildman–Crippen LogP) is 5.98. The molecule has 0 bridgehead atoms. The minimum Gasteiger partial charge on any atom is -0.463 e. The Morgan fingerprint density at radius 1 is 0.966 bits per heavy atom. The number of hydrogen-bond acceptors (Lipinski definition) is 3. The number of carbonyl (C=O) groups excluding carboxylic acids is 2. The van der Waals surface area contributed by atoms with E-state index in [1.54, 1.807) is 6.08 Å². The molecule has 146 valence electrons. The first kappa shape index (κ1) is 20.3. The van der Waals surface area contributed by atoms with Gasteiger partial charge >= 0.3 is 5.97 Å². The predicted molar refractivity (Wildman–Crippen MR) is 118 cm³/mol. The van der Waals surface area contributed by atoms with Gasteiger partial charge in [-0.25, -0.2) is 4.79 Å². The van der Waals surface area contributed by atoms with E-state index in [4.69, 9.17) is 4.74 Å². The molecule has 0 N–H and O–H groups in total. The van der Waals surface area contributed by atoms with Crippen molar-refractivity contribution >= 4 is 28.6 Å². The maximum atomic E-state index is 11.9. The summed E-state index contributed by atoms with van der Waals surface area (Å²) in [6.07, 6.45) is 7.68. The lowest BCUT2D eigenvalue weighted by Gasteiger charge is -2.14. The monoisotopic (exact) mass is 384 g/mol. The van der Waals surface area contributed by atoms with Crippen LogP contribution >= 0.6 is 0 Å². The van der Waals surface area contributed by atoms with Gasteiger partial charge in [0.1, 0.15) is 0 Å². The summed E-state index contributed by atoms with van der Waals surface area (Å²) in [7, 11) is 0. The molecule has 0 fully saturated rings. The first-order valence-electron chi connectivity index (χ1n) is 9.82. The standard InChI is InChI=1S/C26H24O3/c1-2-3-18-29-25(28)15-9-14-24(20-10-5-4-6-11-20)26-22(19-27)17-16-21-12-7-8-13-23(21)26/h4-17,19H,2-3,18H2,1H3/b15-9+,24-14-. The molecule has 0 saturated heterocycles. The van der Waals surface area contributed by atoms with Crippen LogP contribution in [0.4, 0.5) is 0 Å². The maximum Gasteiger partial charge on any atom is 0.330 e. The molecule has 0 aromatic heterocycles. The molecule has 0 saturated carbocycles. The minimum atomic E-state index is -0.365. The second-order valence-corrected chi connectivity index (χ2v) is 6.70. The van der Waals surface area contributed by atoms with Crippen LogP contribution in [0.2, 0.25) is 0 Å². The van der Waals surface area contributed by atoms with Gasteiger partial charge in [0.2, 0.25) is 0 Å². The van der Waals surface area contributed by atoms with E-state index in [-0.39, 0.29) is 5.97 Å². The van der Waals surface area contributed by atoms with Gasteiger partial charge in [-0.05, 0) is 28.3 Å². The van der Waals surface area contributed by atoms with Gasteiger partial charge in [0.25, 0.3) is 0 Å². The molecule has 0 unspecified atom stereocenters. The Hall–Kier alpha value is -3.46. The van der Waals surface area contributed by atoms with Crippen LogP contribution in [-0.4, -0.2) is 18.9 Å². The Kier molecular flexibility index (Phi) is 7.12. The highest BCUT2D eigenvalue weighted by Crippen LogP contribution is 2.32. The molecule has 0 radical (unpaired) electrons. The SMILES string of the molecule is CCCCOC(=O)/C=C/C=C(/c1ccccc1)c1c(C=O)ccc2ccccc12. The van der Waals surface area contributed by atoms with Gasteiger partial charge in [-0.15, -0.1) is 0 Å². The van der Waals surface area contributed by atoms with Crippen LogP contribution in [0.15, 0.2) is 85.0 Å². The molecule has 0 amide bonds. The Labute approximate surface area is 171 Å². The van der Waals surface area contributed by atoms with Crippen LogP contribution < -0.4 is 0 Å². The Balaban J connectivity index is 2.07. The topological polar surface area (TPSA) is 43.4 Å². The van der Waals surface area contributed by atoms with Gasteiger partial charge in [-0.3, -0.25) is 4.79 Å². The molecule has 3 heteroatoms. The average Bonchev–Trinajstić information content (AvgIpc) is 2.77. The second kappa shape index (κ2) is 10.2. The lowest BCUT2D eigenvalue weighted by atomic mass is 9.89. The van der Waals surface area contributed by atoms with E-state index >= 15 is 0 Å². The van der Waals surface area contributed by atoms with Crippen molar-refractivity contribution in [2.45, 2.75) is 19.8 Å². The highest BCUT2D eigenvalue weighted by Gasteiger charge is 2.13. The van der Waals surface area contributed by atoms with Crippen molar-refractivity contribution in [1.29, 1.82) is 0 Å². The van der Waals surface area contributed by atoms with Crippen molar-refractivity contribution in [2.24, 2.45) is 0 Å². The fourth-order valence-corrected chi connectivity index (χ4v) is 3.22. The summed E-state index contributed by atoms with van der Waals surface area (Å²) in [4.78, 5) is 23.7. The van der Waals surface area contributed by atoms with E-state index in [1.165, 1.54) is 6.08 Å². The summed E-state index contributed by atoms with van der Waals surface area (Å²) in [6, 6.07) is 21.6. The van der Waals surface area contributed by atoms with E-state index in [0.717, 1.165) is 46.6 Å². The minimum absolute atomic E-state index is 0.365. The van der Waals surface area contributed by atoms with E-state index in [0.29, 0.717) is 12.2 Å². The number of aldehydes is 1. The van der Waals surface area contributed by atoms with Crippen molar-refractivity contribution in [1.82, 2.24) is 0 Å². The number of fused-ring (bicyclic) bond motifs is 1. The van der Waals surface area contributed by atoms with Crippen LogP contribution in [0, 0.1) is 0 Å². The summed E-state index contributed by atoms with van der Waals surface area (Å²) in [5, 5.41) is 2.05. The molecule has 0 spiro atoms. The lowest BCUT2D eigenvalue weighted by molar-refractivity contribution is -0.137. The van der Waals surface area contributed by atoms with Crippen LogP contribution in [0.5, 0.6) is 0 Å². The zero-order valence-electron chi connectivity index (χ0n) is 16.5. The molecule has 0 atom stereocenters. The van der Waals surface area contributed by atoms with Crippen molar-refractivity contribution in [3.05, 3.63) is 102 Å². The third-order valence-electron chi connectivity index (χ3n) is 4.68. The number of esters is 1. The third kappa shape index (κ3) is 5.08. The van der Waals surface area contributed by atoms with Crippen LogP contribution in [-0.2, 0) is 9.53 Å². The molecule has 29 heavy (non-hydrogen) atoms. The largest absolute Gasteiger partial charge is 0.463 e. The number of benzene rings is 3. The number of allylic oxidation sites excluding steroid dienone is 2.